The number of rotatable bonds is 6. The van der Waals surface area contributed by atoms with E-state index in [1.165, 1.54) is 0 Å². The minimum Gasteiger partial charge on any atom is -0.300 e. The molecule has 0 saturated carbocycles. The van der Waals surface area contributed by atoms with Gasteiger partial charge < -0.3 is 0 Å². The van der Waals surface area contributed by atoms with Crippen LogP contribution in [0.3, 0.4) is 0 Å². The molecule has 0 amide bonds. The van der Waals surface area contributed by atoms with Gasteiger partial charge in [-0.2, -0.15) is 0 Å². The molecule has 4 nitrogen and oxygen atoms in total. The third-order valence-electron chi connectivity index (χ3n) is 2.51. The number of fused-ring (bicyclic) bond motifs is 1. The summed E-state index contributed by atoms with van der Waals surface area (Å²) >= 11 is 1.65. The quantitative estimate of drug-likeness (QED) is 0.583. The molecule has 0 fully saturated rings. The Kier molecular flexibility index (Phi) is 4.14. The second-order valence-corrected chi connectivity index (χ2v) is 4.82. The minimum absolute atomic E-state index is 0.330. The van der Waals surface area contributed by atoms with Gasteiger partial charge in [-0.15, -0.1) is 10.2 Å². The van der Waals surface area contributed by atoms with E-state index in [4.69, 9.17) is 0 Å². The Balaban J connectivity index is 1.89. The Morgan fingerprint density at radius 1 is 1.41 bits per heavy atom. The van der Waals surface area contributed by atoms with Crippen molar-refractivity contribution in [3.05, 3.63) is 24.4 Å². The van der Waals surface area contributed by atoms with Crippen molar-refractivity contribution in [1.29, 1.82) is 0 Å². The molecule has 0 radical (unpaired) electrons. The van der Waals surface area contributed by atoms with Crippen molar-refractivity contribution in [2.75, 3.05) is 5.75 Å². The first-order chi connectivity index (χ1) is 8.31. The van der Waals surface area contributed by atoms with Crippen LogP contribution in [0.15, 0.2) is 29.6 Å². The van der Waals surface area contributed by atoms with Crippen molar-refractivity contribution in [1.82, 2.24) is 14.6 Å². The predicted octanol–water partition coefficient (Wildman–Crippen LogP) is 2.58. The summed E-state index contributed by atoms with van der Waals surface area (Å²) in [5.74, 6) is 1.23. The lowest BCUT2D eigenvalue weighted by Gasteiger charge is -1.99. The highest BCUT2D eigenvalue weighted by atomic mass is 32.2. The van der Waals surface area contributed by atoms with Crippen LogP contribution in [-0.4, -0.2) is 26.1 Å². The van der Waals surface area contributed by atoms with Gasteiger partial charge in [-0.1, -0.05) is 24.8 Å². The van der Waals surface area contributed by atoms with Crippen LogP contribution in [-0.2, 0) is 4.79 Å². The number of thioether (sulfide) groups is 1. The predicted molar refractivity (Wildman–Crippen MR) is 68.2 cm³/mol. The zero-order chi connectivity index (χ0) is 12.1. The van der Waals surface area contributed by atoms with Crippen molar-refractivity contribution < 1.29 is 4.79 Å². The van der Waals surface area contributed by atoms with Gasteiger partial charge in [0.1, 0.15) is 5.78 Å². The molecule has 5 heteroatoms. The van der Waals surface area contributed by atoms with E-state index in [0.717, 1.165) is 23.0 Å². The zero-order valence-electron chi connectivity index (χ0n) is 9.80. The van der Waals surface area contributed by atoms with Crippen molar-refractivity contribution >= 4 is 23.2 Å². The fourth-order valence-electron chi connectivity index (χ4n) is 1.53. The van der Waals surface area contributed by atoms with E-state index in [1.807, 2.05) is 35.7 Å². The van der Waals surface area contributed by atoms with Gasteiger partial charge in [-0.25, -0.2) is 0 Å². The smallest absolute Gasteiger partial charge is 0.195 e. The molecule has 0 atom stereocenters. The third-order valence-corrected chi connectivity index (χ3v) is 3.54. The summed E-state index contributed by atoms with van der Waals surface area (Å²) in [6.45, 7) is 1.90. The molecule has 0 aliphatic heterocycles. The van der Waals surface area contributed by atoms with Gasteiger partial charge in [-0.05, 0) is 18.6 Å². The Labute approximate surface area is 104 Å². The molecule has 2 aromatic rings. The lowest BCUT2D eigenvalue weighted by atomic mass is 10.2. The van der Waals surface area contributed by atoms with Gasteiger partial charge in [-0.3, -0.25) is 9.20 Å². The van der Waals surface area contributed by atoms with E-state index in [2.05, 4.69) is 10.2 Å². The van der Waals surface area contributed by atoms with Crippen LogP contribution < -0.4 is 0 Å². The van der Waals surface area contributed by atoms with Gasteiger partial charge in [0.15, 0.2) is 10.8 Å². The van der Waals surface area contributed by atoms with E-state index in [0.29, 0.717) is 18.6 Å². The van der Waals surface area contributed by atoms with Crippen LogP contribution in [0.1, 0.15) is 26.2 Å². The molecule has 0 aliphatic carbocycles. The Bertz CT molecular complexity index is 509. The second-order valence-electron chi connectivity index (χ2n) is 3.76. The SMILES string of the molecule is CCC(=O)CCCSc1nnc2ccccn12. The highest BCUT2D eigenvalue weighted by Gasteiger charge is 2.05. The molecule has 2 aromatic heterocycles. The summed E-state index contributed by atoms with van der Waals surface area (Å²) in [7, 11) is 0. The second kappa shape index (κ2) is 5.82. The normalized spacial score (nSPS) is 10.9. The highest BCUT2D eigenvalue weighted by Crippen LogP contribution is 2.18. The topological polar surface area (TPSA) is 47.3 Å². The molecule has 0 saturated heterocycles. The Morgan fingerprint density at radius 3 is 3.12 bits per heavy atom. The van der Waals surface area contributed by atoms with Gasteiger partial charge in [0.05, 0.1) is 0 Å². The van der Waals surface area contributed by atoms with E-state index >= 15 is 0 Å². The molecular formula is C12H15N3OS. The number of hydrogen-bond donors (Lipinski definition) is 0. The van der Waals surface area contributed by atoms with Crippen LogP contribution in [0.5, 0.6) is 0 Å². The molecule has 0 bridgehead atoms. The summed E-state index contributed by atoms with van der Waals surface area (Å²) in [6, 6.07) is 5.83. The van der Waals surface area contributed by atoms with Gasteiger partial charge in [0.25, 0.3) is 0 Å². The maximum absolute atomic E-state index is 11.1. The van der Waals surface area contributed by atoms with E-state index in [-0.39, 0.29) is 0 Å². The average Bonchev–Trinajstić information content (AvgIpc) is 2.78. The summed E-state index contributed by atoms with van der Waals surface area (Å²) in [4.78, 5) is 11.1. The maximum Gasteiger partial charge on any atom is 0.195 e. The van der Waals surface area contributed by atoms with Crippen LogP contribution >= 0.6 is 11.8 Å². The van der Waals surface area contributed by atoms with Crippen molar-refractivity contribution in [3.63, 3.8) is 0 Å². The Morgan fingerprint density at radius 2 is 2.29 bits per heavy atom. The molecule has 90 valence electrons. The van der Waals surface area contributed by atoms with Gasteiger partial charge in [0.2, 0.25) is 0 Å². The number of nitrogens with zero attached hydrogens (tertiary/aromatic N) is 3. The Hall–Kier alpha value is -1.36. The standard InChI is InChI=1S/C12H15N3OS/c1-2-10(16)6-5-9-17-12-14-13-11-7-3-4-8-15(11)12/h3-4,7-8H,2,5-6,9H2,1H3. The molecule has 0 aliphatic rings. The van der Waals surface area contributed by atoms with Crippen LogP contribution in [0.25, 0.3) is 5.65 Å². The molecule has 17 heavy (non-hydrogen) atoms. The van der Waals surface area contributed by atoms with Crippen molar-refractivity contribution in [3.8, 4) is 0 Å². The number of aromatic nitrogens is 3. The first-order valence-electron chi connectivity index (χ1n) is 5.75. The number of carbonyl (C=O) groups excluding carboxylic acids is 1. The van der Waals surface area contributed by atoms with E-state index < -0.39 is 0 Å². The monoisotopic (exact) mass is 249 g/mol. The number of pyridine rings is 1. The van der Waals surface area contributed by atoms with Gasteiger partial charge in [0, 0.05) is 24.8 Å². The number of hydrogen-bond acceptors (Lipinski definition) is 4. The maximum atomic E-state index is 11.1. The zero-order valence-corrected chi connectivity index (χ0v) is 10.6. The molecule has 2 rings (SSSR count). The molecule has 0 N–H and O–H groups in total. The van der Waals surface area contributed by atoms with Crippen LogP contribution in [0, 0.1) is 0 Å². The molecule has 0 spiro atoms. The molecule has 0 unspecified atom stereocenters. The van der Waals surface area contributed by atoms with E-state index in [9.17, 15) is 4.79 Å². The highest BCUT2D eigenvalue weighted by molar-refractivity contribution is 7.99. The summed E-state index contributed by atoms with van der Waals surface area (Å²) in [5.41, 5.74) is 0.861. The van der Waals surface area contributed by atoms with E-state index in [1.54, 1.807) is 11.8 Å². The lowest BCUT2D eigenvalue weighted by Crippen LogP contribution is -1.96. The van der Waals surface area contributed by atoms with Gasteiger partial charge >= 0.3 is 0 Å². The van der Waals surface area contributed by atoms with Crippen LogP contribution in [0.4, 0.5) is 0 Å². The number of Topliss-reactive ketones (excluding diaryl/α,β-unsaturated/α-hetero) is 1. The first-order valence-corrected chi connectivity index (χ1v) is 6.74. The summed E-state index contributed by atoms with van der Waals surface area (Å²) in [5, 5.41) is 9.09. The molecular weight excluding hydrogens is 234 g/mol. The largest absolute Gasteiger partial charge is 0.300 e. The average molecular weight is 249 g/mol. The first kappa shape index (κ1) is 12.1. The summed E-state index contributed by atoms with van der Waals surface area (Å²) < 4.78 is 1.96. The fourth-order valence-corrected chi connectivity index (χ4v) is 2.39. The molecule has 0 aromatic carbocycles. The third kappa shape index (κ3) is 3.06. The van der Waals surface area contributed by atoms with Crippen molar-refractivity contribution in [2.45, 2.75) is 31.3 Å². The summed E-state index contributed by atoms with van der Waals surface area (Å²) in [6.07, 6.45) is 4.16. The van der Waals surface area contributed by atoms with Crippen molar-refractivity contribution in [2.24, 2.45) is 0 Å². The molecule has 2 heterocycles. The lowest BCUT2D eigenvalue weighted by molar-refractivity contribution is -0.118. The number of ketones is 1. The van der Waals surface area contributed by atoms with Crippen LogP contribution in [0.2, 0.25) is 0 Å². The number of carbonyl (C=O) groups is 1. The minimum atomic E-state index is 0.330. The fraction of sp³-hybridized carbons (Fsp3) is 0.417.